The van der Waals surface area contributed by atoms with Crippen LogP contribution in [0.15, 0.2) is 61.1 Å². The minimum absolute atomic E-state index is 0.627. The lowest BCUT2D eigenvalue weighted by Gasteiger charge is -2.12. The zero-order valence-corrected chi connectivity index (χ0v) is 16.2. The molecular weight excluding hydrogens is 348 g/mol. The third-order valence-electron chi connectivity index (χ3n) is 4.71. The summed E-state index contributed by atoms with van der Waals surface area (Å²) in [4.78, 5) is 13.5. The van der Waals surface area contributed by atoms with E-state index in [9.17, 15) is 0 Å². The molecule has 0 aliphatic rings. The maximum Gasteiger partial charge on any atom is 0.163 e. The van der Waals surface area contributed by atoms with E-state index in [1.165, 1.54) is 0 Å². The van der Waals surface area contributed by atoms with Gasteiger partial charge in [0.15, 0.2) is 5.82 Å². The van der Waals surface area contributed by atoms with Crippen LogP contribution in [0.1, 0.15) is 16.8 Å². The van der Waals surface area contributed by atoms with Crippen molar-refractivity contribution in [2.75, 3.05) is 5.32 Å². The summed E-state index contributed by atoms with van der Waals surface area (Å²) in [5.74, 6) is 1.50. The number of nitrogens with zero attached hydrogens (tertiary/aromatic N) is 5. The van der Waals surface area contributed by atoms with Crippen molar-refractivity contribution in [3.05, 3.63) is 77.9 Å². The van der Waals surface area contributed by atoms with Crippen molar-refractivity contribution in [3.63, 3.8) is 0 Å². The minimum Gasteiger partial charge on any atom is -0.366 e. The minimum atomic E-state index is 0.627. The van der Waals surface area contributed by atoms with Gasteiger partial charge in [0.05, 0.1) is 5.69 Å². The Kier molecular flexibility index (Phi) is 4.85. The lowest BCUT2D eigenvalue weighted by Crippen LogP contribution is -2.07. The predicted molar refractivity (Wildman–Crippen MR) is 111 cm³/mol. The monoisotopic (exact) mass is 370 g/mol. The Hall–Kier alpha value is -3.54. The van der Waals surface area contributed by atoms with Gasteiger partial charge in [0.1, 0.15) is 5.82 Å². The number of nitrogens with one attached hydrogen (secondary N) is 1. The highest BCUT2D eigenvalue weighted by atomic mass is 15.3. The molecular formula is C22H22N6. The van der Waals surface area contributed by atoms with E-state index in [4.69, 9.17) is 4.98 Å². The molecule has 28 heavy (non-hydrogen) atoms. The van der Waals surface area contributed by atoms with Crippen LogP contribution in [0.2, 0.25) is 0 Å². The van der Waals surface area contributed by atoms with Crippen molar-refractivity contribution in [2.45, 2.75) is 20.4 Å². The molecule has 0 amide bonds. The van der Waals surface area contributed by atoms with Crippen molar-refractivity contribution in [3.8, 4) is 22.6 Å². The molecule has 0 atom stereocenters. The summed E-state index contributed by atoms with van der Waals surface area (Å²) < 4.78 is 1.85. The van der Waals surface area contributed by atoms with Crippen molar-refractivity contribution < 1.29 is 0 Å². The second-order valence-electron chi connectivity index (χ2n) is 6.74. The number of benzene rings is 1. The summed E-state index contributed by atoms with van der Waals surface area (Å²) in [5, 5.41) is 8.11. The van der Waals surface area contributed by atoms with E-state index in [-0.39, 0.29) is 0 Å². The largest absolute Gasteiger partial charge is 0.366 e. The first-order valence-electron chi connectivity index (χ1n) is 9.19. The topological polar surface area (TPSA) is 68.5 Å². The fraction of sp³-hybridized carbons (Fsp3) is 0.182. The van der Waals surface area contributed by atoms with E-state index in [0.717, 1.165) is 39.5 Å². The van der Waals surface area contributed by atoms with E-state index in [1.54, 1.807) is 12.4 Å². The van der Waals surface area contributed by atoms with Gasteiger partial charge in [-0.3, -0.25) is 9.67 Å². The first-order valence-corrected chi connectivity index (χ1v) is 9.19. The van der Waals surface area contributed by atoms with Crippen LogP contribution in [0.5, 0.6) is 0 Å². The molecule has 3 aromatic heterocycles. The molecule has 3 heterocycles. The van der Waals surface area contributed by atoms with Crippen LogP contribution in [0.4, 0.5) is 5.82 Å². The summed E-state index contributed by atoms with van der Waals surface area (Å²) in [7, 11) is 1.94. The van der Waals surface area contributed by atoms with Gasteiger partial charge in [0.25, 0.3) is 0 Å². The highest BCUT2D eigenvalue weighted by Crippen LogP contribution is 2.25. The quantitative estimate of drug-likeness (QED) is 0.571. The smallest absolute Gasteiger partial charge is 0.163 e. The second-order valence-corrected chi connectivity index (χ2v) is 6.74. The molecule has 140 valence electrons. The second kappa shape index (κ2) is 7.60. The van der Waals surface area contributed by atoms with Gasteiger partial charge < -0.3 is 5.32 Å². The molecule has 0 saturated carbocycles. The Morgan fingerprint density at radius 2 is 1.75 bits per heavy atom. The maximum absolute atomic E-state index is 4.74. The molecule has 1 aromatic carbocycles. The molecule has 0 radical (unpaired) electrons. The number of pyridine rings is 1. The van der Waals surface area contributed by atoms with Crippen molar-refractivity contribution in [1.29, 1.82) is 0 Å². The summed E-state index contributed by atoms with van der Waals surface area (Å²) >= 11 is 0. The highest BCUT2D eigenvalue weighted by molar-refractivity contribution is 5.64. The molecule has 6 heteroatoms. The molecule has 4 rings (SSSR count). The lowest BCUT2D eigenvalue weighted by atomic mass is 10.1. The Morgan fingerprint density at radius 3 is 2.50 bits per heavy atom. The normalized spacial score (nSPS) is 10.8. The molecule has 0 aliphatic heterocycles. The van der Waals surface area contributed by atoms with Gasteiger partial charge in [-0.2, -0.15) is 5.10 Å². The first-order chi connectivity index (χ1) is 13.6. The van der Waals surface area contributed by atoms with Gasteiger partial charge in [-0.25, -0.2) is 9.97 Å². The van der Waals surface area contributed by atoms with E-state index >= 15 is 0 Å². The summed E-state index contributed by atoms with van der Waals surface area (Å²) in [6, 6.07) is 14.1. The molecule has 0 unspecified atom stereocenters. The first kappa shape index (κ1) is 17.9. The van der Waals surface area contributed by atoms with Gasteiger partial charge >= 0.3 is 0 Å². The summed E-state index contributed by atoms with van der Waals surface area (Å²) in [6.07, 6.45) is 5.57. The summed E-state index contributed by atoms with van der Waals surface area (Å²) in [6.45, 7) is 4.66. The van der Waals surface area contributed by atoms with Gasteiger partial charge in [-0.1, -0.05) is 30.3 Å². The lowest BCUT2D eigenvalue weighted by molar-refractivity contribution is 0.770. The average molecular weight is 370 g/mol. The molecule has 1 N–H and O–H groups in total. The highest BCUT2D eigenvalue weighted by Gasteiger charge is 2.13. The maximum atomic E-state index is 4.74. The van der Waals surface area contributed by atoms with E-state index < -0.39 is 0 Å². The van der Waals surface area contributed by atoms with Gasteiger partial charge in [-0.05, 0) is 26.0 Å². The molecule has 0 spiro atoms. The van der Waals surface area contributed by atoms with Gasteiger partial charge in [0.2, 0.25) is 0 Å². The number of hydrogen-bond acceptors (Lipinski definition) is 5. The molecule has 4 aromatic rings. The van der Waals surface area contributed by atoms with Crippen LogP contribution in [-0.2, 0) is 13.6 Å². The number of aromatic nitrogens is 5. The zero-order valence-electron chi connectivity index (χ0n) is 16.2. The molecule has 0 fully saturated rings. The van der Waals surface area contributed by atoms with Gasteiger partial charge in [-0.15, -0.1) is 0 Å². The van der Waals surface area contributed by atoms with Crippen LogP contribution in [0.3, 0.4) is 0 Å². The molecule has 6 nitrogen and oxygen atoms in total. The average Bonchev–Trinajstić information content (AvgIpc) is 3.11. The molecule has 0 bridgehead atoms. The van der Waals surface area contributed by atoms with Crippen molar-refractivity contribution in [2.24, 2.45) is 7.05 Å². The fourth-order valence-corrected chi connectivity index (χ4v) is 3.11. The standard InChI is InChI=1S/C22H22N6/c1-15-16(2)25-22(18-10-7-11-23-12-18)26-21(15)24-13-19-14-28(3)27-20(19)17-8-5-4-6-9-17/h4-12,14H,13H2,1-3H3,(H,24,25,26). The van der Waals surface area contributed by atoms with Crippen LogP contribution >= 0.6 is 0 Å². The Bertz CT molecular complexity index is 1090. The van der Waals surface area contributed by atoms with Gasteiger partial charge in [0, 0.05) is 60.1 Å². The van der Waals surface area contributed by atoms with Crippen LogP contribution in [0.25, 0.3) is 22.6 Å². The number of hydrogen-bond donors (Lipinski definition) is 1. The van der Waals surface area contributed by atoms with Crippen LogP contribution < -0.4 is 5.32 Å². The summed E-state index contributed by atoms with van der Waals surface area (Å²) in [5.41, 5.74) is 6.09. The van der Waals surface area contributed by atoms with E-state index in [0.29, 0.717) is 12.4 Å². The van der Waals surface area contributed by atoms with Crippen LogP contribution in [-0.4, -0.2) is 24.7 Å². The van der Waals surface area contributed by atoms with Crippen molar-refractivity contribution >= 4 is 5.82 Å². The Morgan fingerprint density at radius 1 is 0.964 bits per heavy atom. The molecule has 0 saturated heterocycles. The Balaban J connectivity index is 1.64. The number of rotatable bonds is 5. The third kappa shape index (κ3) is 3.62. The number of anilines is 1. The van der Waals surface area contributed by atoms with Crippen LogP contribution in [0, 0.1) is 13.8 Å². The van der Waals surface area contributed by atoms with E-state index in [1.807, 2.05) is 62.1 Å². The van der Waals surface area contributed by atoms with Crippen molar-refractivity contribution in [1.82, 2.24) is 24.7 Å². The third-order valence-corrected chi connectivity index (χ3v) is 4.71. The zero-order chi connectivity index (χ0) is 19.5. The fourth-order valence-electron chi connectivity index (χ4n) is 3.11. The Labute approximate surface area is 164 Å². The SMILES string of the molecule is Cc1nc(-c2cccnc2)nc(NCc2cn(C)nc2-c2ccccc2)c1C. The number of aryl methyl sites for hydroxylation is 2. The molecule has 0 aliphatic carbocycles. The predicted octanol–water partition coefficient (Wildman–Crippen LogP) is 4.17. The van der Waals surface area contributed by atoms with E-state index in [2.05, 4.69) is 32.5 Å².